The van der Waals surface area contributed by atoms with Crippen molar-refractivity contribution in [2.75, 3.05) is 13.2 Å². The van der Waals surface area contributed by atoms with Gasteiger partial charge in [-0.05, 0) is 51.3 Å². The van der Waals surface area contributed by atoms with Gasteiger partial charge >= 0.3 is 12.0 Å². The third kappa shape index (κ3) is 5.81. The number of hydrogen-bond donors (Lipinski definition) is 2. The summed E-state index contributed by atoms with van der Waals surface area (Å²) in [5, 5.41) is 5.93. The summed E-state index contributed by atoms with van der Waals surface area (Å²) in [5.41, 5.74) is 1.54. The van der Waals surface area contributed by atoms with Crippen LogP contribution in [0.5, 0.6) is 11.5 Å². The monoisotopic (exact) mass is 438 g/mol. The predicted molar refractivity (Wildman–Crippen MR) is 116 cm³/mol. The Balaban J connectivity index is 2.58. The first kappa shape index (κ1) is 23.9. The summed E-state index contributed by atoms with van der Waals surface area (Å²) in [5.74, 6) is 0.439. The van der Waals surface area contributed by atoms with E-state index in [4.69, 9.17) is 25.8 Å². The SMILES string of the molecule is CCCOc1c(Cl)cc(C2NC(=O)NC(CCC)=C2C(=O)OC(C)C)cc1OCC. The average Bonchev–Trinajstić information content (AvgIpc) is 2.66. The van der Waals surface area contributed by atoms with Crippen molar-refractivity contribution in [2.24, 2.45) is 0 Å². The van der Waals surface area contributed by atoms with Gasteiger partial charge in [-0.2, -0.15) is 0 Å². The van der Waals surface area contributed by atoms with Crippen molar-refractivity contribution in [3.05, 3.63) is 34.0 Å². The van der Waals surface area contributed by atoms with Crippen molar-refractivity contribution in [1.82, 2.24) is 10.6 Å². The fraction of sp³-hybridized carbons (Fsp3) is 0.545. The Morgan fingerprint density at radius 2 is 1.90 bits per heavy atom. The first-order chi connectivity index (χ1) is 14.3. The minimum atomic E-state index is -0.719. The topological polar surface area (TPSA) is 85.9 Å². The Kier molecular flexibility index (Phi) is 8.84. The molecule has 0 fully saturated rings. The van der Waals surface area contributed by atoms with Gasteiger partial charge in [-0.25, -0.2) is 9.59 Å². The number of amides is 2. The summed E-state index contributed by atoms with van der Waals surface area (Å²) in [6.45, 7) is 10.3. The summed E-state index contributed by atoms with van der Waals surface area (Å²) >= 11 is 6.51. The van der Waals surface area contributed by atoms with E-state index in [9.17, 15) is 9.59 Å². The van der Waals surface area contributed by atoms with Crippen LogP contribution < -0.4 is 20.1 Å². The number of carbonyl (C=O) groups is 2. The summed E-state index contributed by atoms with van der Waals surface area (Å²) in [4.78, 5) is 25.3. The molecule has 0 aliphatic carbocycles. The Morgan fingerprint density at radius 1 is 1.17 bits per heavy atom. The lowest BCUT2D eigenvalue weighted by Crippen LogP contribution is -2.46. The standard InChI is InChI=1S/C22H31ClN2O5/c1-6-9-16-18(21(26)30-13(4)5)19(25-22(27)24-16)14-11-15(23)20(29-10-7-2)17(12-14)28-8-3/h11-13,19H,6-10H2,1-5H3,(H2,24,25,27). The highest BCUT2D eigenvalue weighted by Gasteiger charge is 2.34. The lowest BCUT2D eigenvalue weighted by atomic mass is 9.93. The zero-order chi connectivity index (χ0) is 22.3. The van der Waals surface area contributed by atoms with Crippen molar-refractivity contribution >= 4 is 23.6 Å². The molecule has 0 saturated carbocycles. The molecule has 166 valence electrons. The van der Waals surface area contributed by atoms with Gasteiger partial charge in [-0.1, -0.05) is 31.9 Å². The molecule has 1 heterocycles. The normalized spacial score (nSPS) is 16.2. The number of carbonyl (C=O) groups excluding carboxylic acids is 2. The molecule has 1 aromatic rings. The van der Waals surface area contributed by atoms with Gasteiger partial charge in [-0.15, -0.1) is 0 Å². The Bertz CT molecular complexity index is 807. The highest BCUT2D eigenvalue weighted by Crippen LogP contribution is 2.40. The molecule has 1 aromatic carbocycles. The van der Waals surface area contributed by atoms with E-state index in [2.05, 4.69) is 10.6 Å². The fourth-order valence-electron chi connectivity index (χ4n) is 3.20. The van der Waals surface area contributed by atoms with Gasteiger partial charge in [0, 0.05) is 5.70 Å². The molecule has 8 heteroatoms. The molecule has 1 aliphatic rings. The van der Waals surface area contributed by atoms with Crippen LogP contribution in [-0.2, 0) is 9.53 Å². The van der Waals surface area contributed by atoms with E-state index in [1.807, 2.05) is 20.8 Å². The van der Waals surface area contributed by atoms with E-state index < -0.39 is 12.0 Å². The second kappa shape index (κ2) is 11.1. The van der Waals surface area contributed by atoms with Crippen LogP contribution in [0.4, 0.5) is 4.79 Å². The quantitative estimate of drug-likeness (QED) is 0.508. The van der Waals surface area contributed by atoms with E-state index in [1.54, 1.807) is 26.0 Å². The number of hydrogen-bond acceptors (Lipinski definition) is 5. The highest BCUT2D eigenvalue weighted by molar-refractivity contribution is 6.32. The van der Waals surface area contributed by atoms with Gasteiger partial charge < -0.3 is 24.8 Å². The van der Waals surface area contributed by atoms with Gasteiger partial charge in [0.15, 0.2) is 11.5 Å². The molecule has 0 bridgehead atoms. The Morgan fingerprint density at radius 3 is 2.50 bits per heavy atom. The van der Waals surface area contributed by atoms with E-state index in [0.29, 0.717) is 53.0 Å². The average molecular weight is 439 g/mol. The number of benzene rings is 1. The third-order valence-electron chi connectivity index (χ3n) is 4.33. The number of ether oxygens (including phenoxy) is 3. The van der Waals surface area contributed by atoms with Gasteiger partial charge in [0.1, 0.15) is 0 Å². The van der Waals surface area contributed by atoms with Gasteiger partial charge in [0.05, 0.1) is 36.0 Å². The molecule has 0 radical (unpaired) electrons. The van der Waals surface area contributed by atoms with Crippen LogP contribution in [0.15, 0.2) is 23.4 Å². The Hall–Kier alpha value is -2.41. The van der Waals surface area contributed by atoms with Crippen molar-refractivity contribution < 1.29 is 23.8 Å². The molecule has 7 nitrogen and oxygen atoms in total. The molecule has 0 spiro atoms. The van der Waals surface area contributed by atoms with Crippen LogP contribution in [-0.4, -0.2) is 31.3 Å². The van der Waals surface area contributed by atoms with Crippen LogP contribution in [0.3, 0.4) is 0 Å². The second-order valence-electron chi connectivity index (χ2n) is 7.24. The molecule has 2 rings (SSSR count). The molecule has 2 amide bonds. The summed E-state index contributed by atoms with van der Waals surface area (Å²) in [6.07, 6.45) is 1.83. The van der Waals surface area contributed by atoms with Crippen LogP contribution in [0.1, 0.15) is 65.5 Å². The minimum absolute atomic E-state index is 0.293. The number of nitrogens with one attached hydrogen (secondary N) is 2. The molecule has 2 N–H and O–H groups in total. The highest BCUT2D eigenvalue weighted by atomic mass is 35.5. The molecule has 30 heavy (non-hydrogen) atoms. The van der Waals surface area contributed by atoms with Crippen LogP contribution >= 0.6 is 11.6 Å². The van der Waals surface area contributed by atoms with Crippen molar-refractivity contribution in [2.45, 2.75) is 66.0 Å². The number of rotatable bonds is 10. The second-order valence-corrected chi connectivity index (χ2v) is 7.65. The maximum absolute atomic E-state index is 12.9. The summed E-state index contributed by atoms with van der Waals surface area (Å²) < 4.78 is 17.0. The smallest absolute Gasteiger partial charge is 0.338 e. The predicted octanol–water partition coefficient (Wildman–Crippen LogP) is 4.89. The number of halogens is 1. The van der Waals surface area contributed by atoms with E-state index in [-0.39, 0.29) is 12.1 Å². The largest absolute Gasteiger partial charge is 0.490 e. The van der Waals surface area contributed by atoms with Crippen LogP contribution in [0.2, 0.25) is 5.02 Å². The fourth-order valence-corrected chi connectivity index (χ4v) is 3.47. The molecule has 1 unspecified atom stereocenters. The first-order valence-corrected chi connectivity index (χ1v) is 10.8. The van der Waals surface area contributed by atoms with Gasteiger partial charge in [-0.3, -0.25) is 0 Å². The lowest BCUT2D eigenvalue weighted by Gasteiger charge is -2.30. The first-order valence-electron chi connectivity index (χ1n) is 10.4. The molecular weight excluding hydrogens is 408 g/mol. The van der Waals surface area contributed by atoms with E-state index in [0.717, 1.165) is 12.8 Å². The van der Waals surface area contributed by atoms with E-state index >= 15 is 0 Å². The molecular formula is C22H31ClN2O5. The number of urea groups is 1. The van der Waals surface area contributed by atoms with Crippen LogP contribution in [0, 0.1) is 0 Å². The zero-order valence-electron chi connectivity index (χ0n) is 18.3. The molecule has 1 atom stereocenters. The number of allylic oxidation sites excluding steroid dienone is 1. The van der Waals surface area contributed by atoms with Crippen molar-refractivity contribution in [3.8, 4) is 11.5 Å². The molecule has 0 aromatic heterocycles. The molecule has 1 aliphatic heterocycles. The number of esters is 1. The third-order valence-corrected chi connectivity index (χ3v) is 4.61. The van der Waals surface area contributed by atoms with Gasteiger partial charge in [0.2, 0.25) is 0 Å². The summed E-state index contributed by atoms with van der Waals surface area (Å²) in [6, 6.07) is 2.34. The maximum atomic E-state index is 12.9. The zero-order valence-corrected chi connectivity index (χ0v) is 19.0. The van der Waals surface area contributed by atoms with E-state index in [1.165, 1.54) is 0 Å². The maximum Gasteiger partial charge on any atom is 0.338 e. The lowest BCUT2D eigenvalue weighted by molar-refractivity contribution is -0.143. The minimum Gasteiger partial charge on any atom is -0.490 e. The summed E-state index contributed by atoms with van der Waals surface area (Å²) in [7, 11) is 0. The van der Waals surface area contributed by atoms with Crippen LogP contribution in [0.25, 0.3) is 0 Å². The Labute approximate surface area is 183 Å². The molecule has 0 saturated heterocycles. The van der Waals surface area contributed by atoms with Crippen molar-refractivity contribution in [1.29, 1.82) is 0 Å². The van der Waals surface area contributed by atoms with Gasteiger partial charge in [0.25, 0.3) is 0 Å². The van der Waals surface area contributed by atoms with Crippen molar-refractivity contribution in [3.63, 3.8) is 0 Å².